The Morgan fingerprint density at radius 1 is 0.935 bits per heavy atom. The van der Waals surface area contributed by atoms with Crippen molar-refractivity contribution in [2.45, 2.75) is 123 Å². The first kappa shape index (κ1) is 30.7. The zero-order valence-electron chi connectivity index (χ0n) is 22.8. The number of rotatable bonds is 13. The Bertz CT molecular complexity index is 571. The molecule has 184 valence electrons. The molecule has 0 spiro atoms. The maximum absolute atomic E-state index is 11.1. The standard InChI is InChI=1S/C25H52O4Si2/c1-20(19-26)14-15-22(29-31(12,13)25(6,7)8)18-23(27-9)21(2)16-17-28-30(10,11)24(3,4)5/h16,19-20,22-23H,14-15,17-18H2,1-13H3/b21-16+/t20-,22+,23+/m1/s1. The highest BCUT2D eigenvalue weighted by Gasteiger charge is 2.40. The second-order valence-corrected chi connectivity index (χ2v) is 21.7. The van der Waals surface area contributed by atoms with E-state index in [1.807, 2.05) is 6.92 Å². The lowest BCUT2D eigenvalue weighted by molar-refractivity contribution is -0.110. The second-order valence-electron chi connectivity index (χ2n) is 12.2. The van der Waals surface area contributed by atoms with Gasteiger partial charge in [-0.05, 0) is 61.6 Å². The molecular weight excluding hydrogens is 420 g/mol. The van der Waals surface area contributed by atoms with Crippen LogP contribution in [0.2, 0.25) is 36.3 Å². The highest BCUT2D eigenvalue weighted by molar-refractivity contribution is 6.74. The predicted octanol–water partition coefficient (Wildman–Crippen LogP) is 7.37. The largest absolute Gasteiger partial charge is 0.414 e. The number of carbonyl (C=O) groups is 1. The van der Waals surface area contributed by atoms with Gasteiger partial charge in [0, 0.05) is 25.6 Å². The van der Waals surface area contributed by atoms with Crippen LogP contribution >= 0.6 is 0 Å². The first-order valence-corrected chi connectivity index (χ1v) is 17.7. The van der Waals surface area contributed by atoms with Gasteiger partial charge in [-0.3, -0.25) is 0 Å². The van der Waals surface area contributed by atoms with Gasteiger partial charge in [0.15, 0.2) is 16.6 Å². The summed E-state index contributed by atoms with van der Waals surface area (Å²) in [6.45, 7) is 27.4. The van der Waals surface area contributed by atoms with Crippen LogP contribution in [0.3, 0.4) is 0 Å². The summed E-state index contributed by atoms with van der Waals surface area (Å²) in [4.78, 5) is 11.1. The third kappa shape index (κ3) is 10.5. The van der Waals surface area contributed by atoms with Crippen molar-refractivity contribution in [1.82, 2.24) is 0 Å². The molecule has 0 N–H and O–H groups in total. The van der Waals surface area contributed by atoms with E-state index in [4.69, 9.17) is 13.6 Å². The van der Waals surface area contributed by atoms with E-state index in [0.717, 1.165) is 25.5 Å². The lowest BCUT2D eigenvalue weighted by Crippen LogP contribution is -2.45. The third-order valence-corrected chi connectivity index (χ3v) is 16.4. The Labute approximate surface area is 195 Å². The summed E-state index contributed by atoms with van der Waals surface area (Å²) in [7, 11) is -1.91. The summed E-state index contributed by atoms with van der Waals surface area (Å²) in [6, 6.07) is 0. The van der Waals surface area contributed by atoms with Gasteiger partial charge in [0.25, 0.3) is 0 Å². The van der Waals surface area contributed by atoms with Crippen LogP contribution in [0, 0.1) is 5.92 Å². The van der Waals surface area contributed by atoms with Crippen LogP contribution in [0.15, 0.2) is 11.6 Å². The second kappa shape index (κ2) is 12.3. The van der Waals surface area contributed by atoms with Crippen LogP contribution in [-0.2, 0) is 18.4 Å². The van der Waals surface area contributed by atoms with Crippen molar-refractivity contribution in [3.05, 3.63) is 11.6 Å². The molecule has 0 saturated heterocycles. The number of hydrogen-bond donors (Lipinski definition) is 0. The van der Waals surface area contributed by atoms with Crippen molar-refractivity contribution in [2.24, 2.45) is 5.92 Å². The van der Waals surface area contributed by atoms with Crippen molar-refractivity contribution < 1.29 is 18.4 Å². The highest BCUT2D eigenvalue weighted by Crippen LogP contribution is 2.39. The third-order valence-electron chi connectivity index (χ3n) is 7.37. The quantitative estimate of drug-likeness (QED) is 0.159. The minimum atomic E-state index is -1.92. The average Bonchev–Trinajstić information content (AvgIpc) is 2.61. The molecule has 0 fully saturated rings. The molecule has 0 aliphatic carbocycles. The predicted molar refractivity (Wildman–Crippen MR) is 139 cm³/mol. The molecule has 4 nitrogen and oxygen atoms in total. The smallest absolute Gasteiger partial charge is 0.192 e. The van der Waals surface area contributed by atoms with Gasteiger partial charge in [-0.1, -0.05) is 54.5 Å². The first-order valence-electron chi connectivity index (χ1n) is 11.8. The molecule has 0 aromatic rings. The zero-order valence-corrected chi connectivity index (χ0v) is 24.8. The van der Waals surface area contributed by atoms with E-state index >= 15 is 0 Å². The molecule has 0 aliphatic rings. The van der Waals surface area contributed by atoms with Crippen molar-refractivity contribution in [3.8, 4) is 0 Å². The number of ether oxygens (including phenoxy) is 1. The van der Waals surface area contributed by atoms with Gasteiger partial charge in [0.2, 0.25) is 0 Å². The zero-order chi connectivity index (χ0) is 24.7. The number of hydrogen-bond acceptors (Lipinski definition) is 4. The van der Waals surface area contributed by atoms with Gasteiger partial charge < -0.3 is 18.4 Å². The fraction of sp³-hybridized carbons (Fsp3) is 0.880. The lowest BCUT2D eigenvalue weighted by Gasteiger charge is -2.40. The molecule has 0 aromatic carbocycles. The van der Waals surface area contributed by atoms with E-state index in [1.54, 1.807) is 7.11 Å². The van der Waals surface area contributed by atoms with Crippen LogP contribution in [0.5, 0.6) is 0 Å². The molecule has 0 unspecified atom stereocenters. The van der Waals surface area contributed by atoms with Gasteiger partial charge in [0.1, 0.15) is 6.29 Å². The SMILES string of the molecule is CO[C@@H](C[C@H](CC[C@@H](C)C=O)O[Si](C)(C)C(C)(C)C)/C(C)=C/CO[Si](C)(C)C(C)(C)C. The fourth-order valence-electron chi connectivity index (χ4n) is 2.77. The molecule has 0 heterocycles. The van der Waals surface area contributed by atoms with Crippen molar-refractivity contribution in [2.75, 3.05) is 13.7 Å². The summed E-state index contributed by atoms with van der Waals surface area (Å²) in [5.41, 5.74) is 1.19. The van der Waals surface area contributed by atoms with Crippen LogP contribution < -0.4 is 0 Å². The van der Waals surface area contributed by atoms with E-state index in [-0.39, 0.29) is 28.2 Å². The summed E-state index contributed by atoms with van der Waals surface area (Å²) >= 11 is 0. The average molecular weight is 473 g/mol. The van der Waals surface area contributed by atoms with E-state index in [9.17, 15) is 4.79 Å². The Hall–Kier alpha value is -0.276. The summed E-state index contributed by atoms with van der Waals surface area (Å²) in [6.07, 6.45) is 5.81. The molecule has 0 bridgehead atoms. The topological polar surface area (TPSA) is 44.8 Å². The van der Waals surface area contributed by atoms with Gasteiger partial charge in [0.05, 0.1) is 12.7 Å². The van der Waals surface area contributed by atoms with E-state index in [2.05, 4.69) is 80.7 Å². The first-order chi connectivity index (χ1) is 13.9. The Morgan fingerprint density at radius 2 is 1.45 bits per heavy atom. The van der Waals surface area contributed by atoms with Crippen LogP contribution in [0.1, 0.15) is 74.7 Å². The number of methoxy groups -OCH3 is 1. The Balaban J connectivity index is 5.34. The Morgan fingerprint density at radius 3 is 1.87 bits per heavy atom. The monoisotopic (exact) mass is 472 g/mol. The van der Waals surface area contributed by atoms with Crippen LogP contribution in [0.25, 0.3) is 0 Å². The lowest BCUT2D eigenvalue weighted by atomic mass is 9.98. The molecule has 0 aliphatic heterocycles. The van der Waals surface area contributed by atoms with Gasteiger partial charge in [-0.15, -0.1) is 0 Å². The van der Waals surface area contributed by atoms with Gasteiger partial charge >= 0.3 is 0 Å². The minimum absolute atomic E-state index is 0.00989. The van der Waals surface area contributed by atoms with Gasteiger partial charge in [-0.2, -0.15) is 0 Å². The van der Waals surface area contributed by atoms with Gasteiger partial charge in [-0.25, -0.2) is 0 Å². The fourth-order valence-corrected chi connectivity index (χ4v) is 5.11. The van der Waals surface area contributed by atoms with Crippen molar-refractivity contribution in [1.29, 1.82) is 0 Å². The molecule has 0 amide bonds. The molecular formula is C25H52O4Si2. The molecule has 0 saturated carbocycles. The number of aldehydes is 1. The minimum Gasteiger partial charge on any atom is -0.414 e. The summed E-state index contributed by atoms with van der Waals surface area (Å²) in [5, 5.41) is 0.346. The Kier molecular flexibility index (Phi) is 12.2. The molecule has 3 atom stereocenters. The maximum atomic E-state index is 11.1. The van der Waals surface area contributed by atoms with Crippen LogP contribution in [0.4, 0.5) is 0 Å². The molecule has 31 heavy (non-hydrogen) atoms. The highest BCUT2D eigenvalue weighted by atomic mass is 28.4. The number of carbonyl (C=O) groups excluding carboxylic acids is 1. The molecule has 0 radical (unpaired) electrons. The molecule has 0 aromatic heterocycles. The molecule has 0 rings (SSSR count). The van der Waals surface area contributed by atoms with E-state index in [1.165, 1.54) is 5.57 Å². The van der Waals surface area contributed by atoms with Crippen molar-refractivity contribution >= 4 is 22.9 Å². The normalized spacial score (nSPS) is 17.4. The summed E-state index contributed by atoms with van der Waals surface area (Å²) < 4.78 is 19.0. The van der Waals surface area contributed by atoms with Crippen molar-refractivity contribution in [3.63, 3.8) is 0 Å². The van der Waals surface area contributed by atoms with Crippen LogP contribution in [-0.4, -0.2) is 48.8 Å². The molecule has 6 heteroatoms. The van der Waals surface area contributed by atoms with E-state index < -0.39 is 16.6 Å². The van der Waals surface area contributed by atoms with E-state index in [0.29, 0.717) is 6.61 Å². The maximum Gasteiger partial charge on any atom is 0.192 e. The summed E-state index contributed by atoms with van der Waals surface area (Å²) in [5.74, 6) is 0.0566.